The van der Waals surface area contributed by atoms with Crippen LogP contribution in [0.25, 0.3) is 122 Å². The van der Waals surface area contributed by atoms with Crippen molar-refractivity contribution in [3.63, 3.8) is 0 Å². The van der Waals surface area contributed by atoms with Crippen molar-refractivity contribution in [1.29, 1.82) is 0 Å². The van der Waals surface area contributed by atoms with Crippen LogP contribution in [0.2, 0.25) is 0 Å². The minimum atomic E-state index is -0.483. The van der Waals surface area contributed by atoms with E-state index in [1.54, 1.807) is 0 Å². The molecule has 0 unspecified atom stereocenters. The quantitative estimate of drug-likeness (QED) is 0.149. The fourth-order valence-corrected chi connectivity index (χ4v) is 12.1. The molecule has 0 saturated carbocycles. The molecular formula is C70H43N3O. The third-order valence-electron chi connectivity index (χ3n) is 15.4. The van der Waals surface area contributed by atoms with Gasteiger partial charge in [-0.1, -0.05) is 224 Å². The monoisotopic (exact) mass is 941 g/mol. The van der Waals surface area contributed by atoms with Gasteiger partial charge in [0, 0.05) is 27.5 Å². The second kappa shape index (κ2) is 16.7. The molecule has 0 radical (unpaired) electrons. The van der Waals surface area contributed by atoms with Gasteiger partial charge in [0.05, 0.1) is 5.41 Å². The van der Waals surface area contributed by atoms with E-state index >= 15 is 0 Å². The van der Waals surface area contributed by atoms with Crippen molar-refractivity contribution in [2.45, 2.75) is 5.41 Å². The van der Waals surface area contributed by atoms with Crippen LogP contribution in [-0.2, 0) is 5.41 Å². The summed E-state index contributed by atoms with van der Waals surface area (Å²) in [6.45, 7) is 0. The lowest BCUT2D eigenvalue weighted by Crippen LogP contribution is -2.28. The van der Waals surface area contributed by atoms with Gasteiger partial charge in [-0.25, -0.2) is 15.0 Å². The van der Waals surface area contributed by atoms with Crippen LogP contribution >= 0.6 is 0 Å². The first-order chi connectivity index (χ1) is 36.7. The number of hydrogen-bond donors (Lipinski definition) is 0. The molecule has 0 bridgehead atoms. The summed E-state index contributed by atoms with van der Waals surface area (Å²) in [7, 11) is 0. The van der Waals surface area contributed by atoms with Crippen LogP contribution < -0.4 is 0 Å². The van der Waals surface area contributed by atoms with Gasteiger partial charge in [0.25, 0.3) is 0 Å². The Balaban J connectivity index is 0.903. The second-order valence-electron chi connectivity index (χ2n) is 19.4. The number of aromatic nitrogens is 3. The number of benzene rings is 12. The summed E-state index contributed by atoms with van der Waals surface area (Å²) >= 11 is 0. The molecule has 1 aliphatic rings. The topological polar surface area (TPSA) is 51.8 Å². The first kappa shape index (κ1) is 42.0. The molecule has 4 heteroatoms. The molecule has 0 atom stereocenters. The van der Waals surface area contributed by atoms with Gasteiger partial charge in [-0.15, -0.1) is 0 Å². The minimum Gasteiger partial charge on any atom is -0.456 e. The van der Waals surface area contributed by atoms with Crippen molar-refractivity contribution in [2.75, 3.05) is 0 Å². The maximum absolute atomic E-state index is 6.60. The molecule has 0 N–H and O–H groups in total. The zero-order chi connectivity index (χ0) is 48.7. The van der Waals surface area contributed by atoms with E-state index in [2.05, 4.69) is 188 Å². The van der Waals surface area contributed by atoms with E-state index in [0.717, 1.165) is 49.8 Å². The summed E-state index contributed by atoms with van der Waals surface area (Å²) in [5.41, 5.74) is 16.1. The van der Waals surface area contributed by atoms with Crippen molar-refractivity contribution in [2.24, 2.45) is 0 Å². The van der Waals surface area contributed by atoms with Crippen molar-refractivity contribution in [3.05, 3.63) is 283 Å². The summed E-state index contributed by atoms with van der Waals surface area (Å²) in [5.74, 6) is 1.83. The van der Waals surface area contributed by atoms with Crippen LogP contribution in [0.1, 0.15) is 22.3 Å². The molecule has 15 rings (SSSR count). The predicted octanol–water partition coefficient (Wildman–Crippen LogP) is 17.9. The first-order valence-electron chi connectivity index (χ1n) is 25.2. The smallest absolute Gasteiger partial charge is 0.164 e. The maximum atomic E-state index is 6.60. The third kappa shape index (κ3) is 6.45. The standard InChI is InChI=1S/C70H43N3O/c1-5-18-44(19-6-1)67-71-68(45-20-7-2-8-21-45)73-69(72-67)58-29-17-31-65-66(58)61-42-48(35-39-64(61)74-65)46-32-36-54-52-26-13-14-27-53(52)55-37-33-47(41-60(55)59(54)40-46)49-34-38-57-56-28-15-16-30-62(56)70(63(57)43-49,50-22-9-3-10-23-50)51-24-11-4-12-25-51/h1-43H. The second-order valence-corrected chi connectivity index (χ2v) is 19.4. The van der Waals surface area contributed by atoms with Gasteiger partial charge in [0.2, 0.25) is 0 Å². The SMILES string of the molecule is c1ccc(-c2nc(-c3ccccc3)nc(-c3cccc4oc5ccc(-c6ccc7c8ccccc8c8ccc(-c9ccc%10c(c9)C(c9ccccc9)(c9ccccc9)c9ccccc9-%10)cc8c7c6)cc5c34)n2)cc1. The first-order valence-corrected chi connectivity index (χ1v) is 25.2. The molecule has 74 heavy (non-hydrogen) atoms. The summed E-state index contributed by atoms with van der Waals surface area (Å²) in [6, 6.07) is 94.0. The normalized spacial score (nSPS) is 12.7. The molecule has 0 fully saturated rings. The lowest BCUT2D eigenvalue weighted by Gasteiger charge is -2.34. The fraction of sp³-hybridized carbons (Fsp3) is 0.0143. The minimum absolute atomic E-state index is 0.483. The third-order valence-corrected chi connectivity index (χ3v) is 15.4. The number of fused-ring (bicyclic) bond motifs is 12. The van der Waals surface area contributed by atoms with Crippen molar-refractivity contribution < 1.29 is 4.42 Å². The summed E-state index contributed by atoms with van der Waals surface area (Å²) in [4.78, 5) is 15.2. The van der Waals surface area contributed by atoms with Gasteiger partial charge in [-0.2, -0.15) is 0 Å². The highest BCUT2D eigenvalue weighted by molar-refractivity contribution is 6.26. The number of furan rings is 1. The van der Waals surface area contributed by atoms with Gasteiger partial charge in [0.15, 0.2) is 17.5 Å². The van der Waals surface area contributed by atoms with Crippen molar-refractivity contribution in [3.8, 4) is 67.5 Å². The molecule has 14 aromatic rings. The summed E-state index contributed by atoms with van der Waals surface area (Å²) in [6.07, 6.45) is 0. The van der Waals surface area contributed by atoms with Gasteiger partial charge >= 0.3 is 0 Å². The highest BCUT2D eigenvalue weighted by atomic mass is 16.3. The van der Waals surface area contributed by atoms with E-state index < -0.39 is 5.41 Å². The Hall–Kier alpha value is -9.77. The lowest BCUT2D eigenvalue weighted by atomic mass is 9.67. The summed E-state index contributed by atoms with van der Waals surface area (Å²) < 4.78 is 6.60. The van der Waals surface area contributed by atoms with E-state index in [4.69, 9.17) is 19.4 Å². The zero-order valence-corrected chi connectivity index (χ0v) is 40.1. The van der Waals surface area contributed by atoms with E-state index in [1.807, 2.05) is 72.8 Å². The van der Waals surface area contributed by atoms with Crippen LogP contribution in [0.5, 0.6) is 0 Å². The van der Waals surface area contributed by atoms with Gasteiger partial charge in [0.1, 0.15) is 11.2 Å². The molecule has 2 heterocycles. The van der Waals surface area contributed by atoms with Gasteiger partial charge in [-0.05, 0) is 124 Å². The van der Waals surface area contributed by atoms with E-state index in [0.29, 0.717) is 17.5 Å². The fourth-order valence-electron chi connectivity index (χ4n) is 12.1. The Bertz CT molecular complexity index is 4430. The van der Waals surface area contributed by atoms with E-state index in [1.165, 1.54) is 76.8 Å². The zero-order valence-electron chi connectivity index (χ0n) is 40.1. The van der Waals surface area contributed by atoms with Crippen molar-refractivity contribution >= 4 is 54.3 Å². The van der Waals surface area contributed by atoms with Crippen LogP contribution in [-0.4, -0.2) is 15.0 Å². The Morgan fingerprint density at radius 2 is 0.703 bits per heavy atom. The molecule has 2 aromatic heterocycles. The van der Waals surface area contributed by atoms with E-state index in [9.17, 15) is 0 Å². The molecule has 0 amide bonds. The van der Waals surface area contributed by atoms with E-state index in [-0.39, 0.29) is 0 Å². The van der Waals surface area contributed by atoms with Crippen LogP contribution in [0.3, 0.4) is 0 Å². The highest BCUT2D eigenvalue weighted by Crippen LogP contribution is 2.57. The Kier molecular flexibility index (Phi) is 9.45. The Labute approximate surface area is 427 Å². The highest BCUT2D eigenvalue weighted by Gasteiger charge is 2.46. The average Bonchev–Trinajstić information content (AvgIpc) is 4.04. The predicted molar refractivity (Wildman–Crippen MR) is 304 cm³/mol. The molecule has 4 nitrogen and oxygen atoms in total. The Morgan fingerprint density at radius 1 is 0.257 bits per heavy atom. The van der Waals surface area contributed by atoms with Crippen molar-refractivity contribution in [1.82, 2.24) is 15.0 Å². The number of hydrogen-bond acceptors (Lipinski definition) is 4. The lowest BCUT2D eigenvalue weighted by molar-refractivity contribution is 0.669. The molecule has 0 saturated heterocycles. The molecule has 1 aliphatic carbocycles. The largest absolute Gasteiger partial charge is 0.456 e. The van der Waals surface area contributed by atoms with Gasteiger partial charge < -0.3 is 4.42 Å². The van der Waals surface area contributed by atoms with Crippen LogP contribution in [0, 0.1) is 0 Å². The van der Waals surface area contributed by atoms with Crippen LogP contribution in [0.4, 0.5) is 0 Å². The molecular weight excluding hydrogens is 899 g/mol. The average molecular weight is 942 g/mol. The molecule has 12 aromatic carbocycles. The summed E-state index contributed by atoms with van der Waals surface area (Å²) in [5, 5.41) is 9.33. The molecule has 0 aliphatic heterocycles. The number of nitrogens with zero attached hydrogens (tertiary/aromatic N) is 3. The maximum Gasteiger partial charge on any atom is 0.164 e. The Morgan fingerprint density at radius 3 is 1.31 bits per heavy atom. The van der Waals surface area contributed by atoms with Crippen LogP contribution in [0.15, 0.2) is 265 Å². The number of rotatable bonds is 7. The van der Waals surface area contributed by atoms with Gasteiger partial charge in [-0.3, -0.25) is 0 Å². The molecule has 0 spiro atoms. The molecule has 344 valence electrons.